The number of nitrogens with zero attached hydrogens (tertiary/aromatic N) is 2. The third kappa shape index (κ3) is 6.45. The maximum atomic E-state index is 14.9. The third-order valence-corrected chi connectivity index (χ3v) is 7.20. The van der Waals surface area contributed by atoms with Crippen LogP contribution in [-0.4, -0.2) is 35.3 Å². The first-order valence-corrected chi connectivity index (χ1v) is 13.3. The minimum atomic E-state index is -0.783. The molecule has 0 aliphatic carbocycles. The number of primary amides is 1. The summed E-state index contributed by atoms with van der Waals surface area (Å²) in [5.74, 6) is -2.01. The lowest BCUT2D eigenvalue weighted by Gasteiger charge is -2.30. The summed E-state index contributed by atoms with van der Waals surface area (Å²) < 4.78 is 14.9. The number of carbonyl (C=O) groups excluding carboxylic acids is 3. The van der Waals surface area contributed by atoms with E-state index in [0.717, 1.165) is 6.07 Å². The van der Waals surface area contributed by atoms with Crippen LogP contribution in [0.1, 0.15) is 78.2 Å². The SMILES string of the molecule is Cc1c(F)cc(C(N)=O)cc1-c1ccc(C(=O)NCC(C)(C)C)cc1C(=O)N(c1nccs1)[C@@H](C)C(C)C. The van der Waals surface area contributed by atoms with Crippen LogP contribution in [0.4, 0.5) is 9.52 Å². The monoisotopic (exact) mass is 538 g/mol. The Morgan fingerprint density at radius 1 is 1.08 bits per heavy atom. The summed E-state index contributed by atoms with van der Waals surface area (Å²) in [4.78, 5) is 45.2. The highest BCUT2D eigenvalue weighted by Gasteiger charge is 2.30. The van der Waals surface area contributed by atoms with Gasteiger partial charge in [-0.05, 0) is 66.1 Å². The van der Waals surface area contributed by atoms with Crippen LogP contribution in [0.3, 0.4) is 0 Å². The predicted molar refractivity (Wildman–Crippen MR) is 150 cm³/mol. The number of amides is 3. The zero-order valence-electron chi connectivity index (χ0n) is 22.9. The molecule has 2 aromatic carbocycles. The van der Waals surface area contributed by atoms with E-state index in [-0.39, 0.29) is 45.9 Å². The molecule has 3 rings (SSSR count). The van der Waals surface area contributed by atoms with E-state index in [0.29, 0.717) is 28.4 Å². The number of anilines is 1. The first kappa shape index (κ1) is 29.0. The van der Waals surface area contributed by atoms with Crippen molar-refractivity contribution in [3.05, 3.63) is 70.0 Å². The fourth-order valence-electron chi connectivity index (χ4n) is 3.85. The number of carbonyl (C=O) groups is 3. The molecule has 0 spiro atoms. The van der Waals surface area contributed by atoms with Crippen molar-refractivity contribution in [2.24, 2.45) is 17.1 Å². The topological polar surface area (TPSA) is 105 Å². The molecule has 9 heteroatoms. The van der Waals surface area contributed by atoms with Gasteiger partial charge in [-0.2, -0.15) is 0 Å². The second-order valence-electron chi connectivity index (χ2n) is 11.0. The van der Waals surface area contributed by atoms with Gasteiger partial charge in [0.15, 0.2) is 5.13 Å². The maximum Gasteiger partial charge on any atom is 0.260 e. The summed E-state index contributed by atoms with van der Waals surface area (Å²) in [7, 11) is 0. The van der Waals surface area contributed by atoms with Gasteiger partial charge in [-0.1, -0.05) is 40.7 Å². The summed E-state index contributed by atoms with van der Waals surface area (Å²) in [5, 5.41) is 5.21. The van der Waals surface area contributed by atoms with Gasteiger partial charge in [-0.15, -0.1) is 11.3 Å². The minimum absolute atomic E-state index is 0.0131. The minimum Gasteiger partial charge on any atom is -0.366 e. The molecule has 0 aliphatic rings. The highest BCUT2D eigenvalue weighted by Crippen LogP contribution is 2.34. The summed E-state index contributed by atoms with van der Waals surface area (Å²) in [6.45, 7) is 14.0. The van der Waals surface area contributed by atoms with Gasteiger partial charge in [0, 0.05) is 40.9 Å². The van der Waals surface area contributed by atoms with E-state index in [9.17, 15) is 18.8 Å². The first-order chi connectivity index (χ1) is 17.7. The number of nitrogens with one attached hydrogen (secondary N) is 1. The molecule has 3 aromatic rings. The summed E-state index contributed by atoms with van der Waals surface area (Å²) in [6, 6.07) is 7.07. The standard InChI is InChI=1S/C29H35FN4O3S/c1-16(2)18(4)34(28-32-10-11-38-28)27(37)23-12-19(26(36)33-15-29(5,6)7)8-9-21(23)22-13-20(25(31)35)14-24(30)17(22)3/h8-14,16,18H,15H2,1-7H3,(H2,31,35)(H,33,36)/t18-/m0/s1. The first-order valence-electron chi connectivity index (χ1n) is 12.5. The molecule has 38 heavy (non-hydrogen) atoms. The van der Waals surface area contributed by atoms with Crippen LogP contribution in [0.2, 0.25) is 0 Å². The van der Waals surface area contributed by atoms with Crippen molar-refractivity contribution in [1.82, 2.24) is 10.3 Å². The van der Waals surface area contributed by atoms with Gasteiger partial charge in [-0.3, -0.25) is 19.3 Å². The molecule has 0 saturated carbocycles. The number of nitrogens with two attached hydrogens (primary N) is 1. The Hall–Kier alpha value is -3.59. The van der Waals surface area contributed by atoms with Crippen molar-refractivity contribution >= 4 is 34.2 Å². The van der Waals surface area contributed by atoms with Crippen LogP contribution in [0, 0.1) is 24.1 Å². The molecule has 3 amide bonds. The summed E-state index contributed by atoms with van der Waals surface area (Å²) >= 11 is 1.33. The Balaban J connectivity index is 2.25. The van der Waals surface area contributed by atoms with E-state index in [1.807, 2.05) is 41.5 Å². The molecule has 0 saturated heterocycles. The Bertz CT molecular complexity index is 1350. The van der Waals surface area contributed by atoms with Crippen LogP contribution >= 0.6 is 11.3 Å². The van der Waals surface area contributed by atoms with E-state index in [1.165, 1.54) is 23.5 Å². The molecule has 202 valence electrons. The second-order valence-corrected chi connectivity index (χ2v) is 11.8. The molecule has 1 aromatic heterocycles. The highest BCUT2D eigenvalue weighted by atomic mass is 32.1. The van der Waals surface area contributed by atoms with Gasteiger partial charge in [0.1, 0.15) is 5.82 Å². The Kier molecular flexibility index (Phi) is 8.72. The lowest BCUT2D eigenvalue weighted by molar-refractivity contribution is 0.0938. The van der Waals surface area contributed by atoms with E-state index in [4.69, 9.17) is 5.73 Å². The number of benzene rings is 2. The number of aromatic nitrogens is 1. The van der Waals surface area contributed by atoms with Gasteiger partial charge in [0.2, 0.25) is 5.91 Å². The molecule has 1 atom stereocenters. The molecule has 0 fully saturated rings. The van der Waals surface area contributed by atoms with Gasteiger partial charge in [0.25, 0.3) is 11.8 Å². The molecular formula is C29H35FN4O3S. The molecular weight excluding hydrogens is 503 g/mol. The van der Waals surface area contributed by atoms with E-state index < -0.39 is 11.7 Å². The fourth-order valence-corrected chi connectivity index (χ4v) is 4.58. The van der Waals surface area contributed by atoms with Gasteiger partial charge >= 0.3 is 0 Å². The van der Waals surface area contributed by atoms with Crippen molar-refractivity contribution in [2.75, 3.05) is 11.4 Å². The lowest BCUT2D eigenvalue weighted by atomic mass is 9.91. The zero-order chi connectivity index (χ0) is 28.4. The normalized spacial score (nSPS) is 12.3. The average molecular weight is 539 g/mol. The molecule has 3 N–H and O–H groups in total. The van der Waals surface area contributed by atoms with Gasteiger partial charge < -0.3 is 11.1 Å². The zero-order valence-corrected chi connectivity index (χ0v) is 23.7. The van der Waals surface area contributed by atoms with Crippen LogP contribution < -0.4 is 16.0 Å². The second kappa shape index (κ2) is 11.4. The smallest absolute Gasteiger partial charge is 0.260 e. The molecule has 0 aliphatic heterocycles. The van der Waals surface area contributed by atoms with E-state index in [2.05, 4.69) is 10.3 Å². The van der Waals surface area contributed by atoms with Crippen molar-refractivity contribution in [3.63, 3.8) is 0 Å². The van der Waals surface area contributed by atoms with Crippen LogP contribution in [0.15, 0.2) is 41.9 Å². The Labute approximate surface area is 227 Å². The van der Waals surface area contributed by atoms with Crippen molar-refractivity contribution < 1.29 is 18.8 Å². The Morgan fingerprint density at radius 2 is 1.76 bits per heavy atom. The van der Waals surface area contributed by atoms with E-state index >= 15 is 0 Å². The number of hydrogen-bond donors (Lipinski definition) is 2. The lowest BCUT2D eigenvalue weighted by Crippen LogP contribution is -2.42. The van der Waals surface area contributed by atoms with Crippen molar-refractivity contribution in [3.8, 4) is 11.1 Å². The van der Waals surface area contributed by atoms with E-state index in [1.54, 1.807) is 35.5 Å². The molecule has 7 nitrogen and oxygen atoms in total. The van der Waals surface area contributed by atoms with Crippen LogP contribution in [0.25, 0.3) is 11.1 Å². The van der Waals surface area contributed by atoms with Crippen LogP contribution in [-0.2, 0) is 0 Å². The van der Waals surface area contributed by atoms with Crippen molar-refractivity contribution in [1.29, 1.82) is 0 Å². The average Bonchev–Trinajstić information content (AvgIpc) is 3.37. The molecule has 0 radical (unpaired) electrons. The molecule has 0 bridgehead atoms. The number of rotatable bonds is 8. The summed E-state index contributed by atoms with van der Waals surface area (Å²) in [6.07, 6.45) is 1.63. The third-order valence-electron chi connectivity index (χ3n) is 6.43. The predicted octanol–water partition coefficient (Wildman–Crippen LogP) is 5.82. The largest absolute Gasteiger partial charge is 0.366 e. The quantitative estimate of drug-likeness (QED) is 0.377. The molecule has 1 heterocycles. The highest BCUT2D eigenvalue weighted by molar-refractivity contribution is 7.13. The van der Waals surface area contributed by atoms with Gasteiger partial charge in [0.05, 0.1) is 0 Å². The van der Waals surface area contributed by atoms with Crippen LogP contribution in [0.5, 0.6) is 0 Å². The number of hydrogen-bond acceptors (Lipinski definition) is 5. The number of halogens is 1. The maximum absolute atomic E-state index is 14.9. The number of thiazole rings is 1. The fraction of sp³-hybridized carbons (Fsp3) is 0.379. The molecule has 0 unspecified atom stereocenters. The summed E-state index contributed by atoms with van der Waals surface area (Å²) in [5.41, 5.74) is 6.79. The van der Waals surface area contributed by atoms with Gasteiger partial charge in [-0.25, -0.2) is 9.37 Å². The van der Waals surface area contributed by atoms with Crippen molar-refractivity contribution in [2.45, 2.75) is 54.5 Å². The Morgan fingerprint density at radius 3 is 2.32 bits per heavy atom.